The average molecular weight is 669 g/mol. The van der Waals surface area contributed by atoms with Crippen molar-refractivity contribution < 1.29 is 29.0 Å². The van der Waals surface area contributed by atoms with Crippen LogP contribution in [-0.4, -0.2) is 41.7 Å². The summed E-state index contributed by atoms with van der Waals surface area (Å²) in [6, 6.07) is 7.82. The lowest BCUT2D eigenvalue weighted by atomic mass is 9.34. The van der Waals surface area contributed by atoms with Gasteiger partial charge in [0.15, 0.2) is 11.6 Å². The number of amides is 1. The minimum atomic E-state index is -0.917. The second-order valence-corrected chi connectivity index (χ2v) is 17.8. The van der Waals surface area contributed by atoms with E-state index >= 15 is 0 Å². The Hall–Kier alpha value is -3.73. The van der Waals surface area contributed by atoms with E-state index in [0.717, 1.165) is 30.4 Å². The number of aromatic hydroxyl groups is 1. The summed E-state index contributed by atoms with van der Waals surface area (Å²) in [5.74, 6) is -1.37. The number of ether oxygens (including phenoxy) is 1. The summed E-state index contributed by atoms with van der Waals surface area (Å²) in [6.45, 7) is 15.0. The topological polar surface area (TPSA) is 134 Å². The molecule has 5 aliphatic rings. The number of benzene rings is 1. The van der Waals surface area contributed by atoms with Crippen LogP contribution < -0.4 is 5.32 Å². The average Bonchev–Trinajstić information content (AvgIpc) is 3.04. The molecule has 5 aliphatic carbocycles. The van der Waals surface area contributed by atoms with E-state index in [4.69, 9.17) is 4.74 Å². The zero-order chi connectivity index (χ0) is 35.9. The first-order chi connectivity index (χ1) is 22.8. The van der Waals surface area contributed by atoms with Gasteiger partial charge in [0, 0.05) is 23.2 Å². The van der Waals surface area contributed by atoms with Gasteiger partial charge in [0.05, 0.1) is 18.1 Å². The Labute approximate surface area is 290 Å². The van der Waals surface area contributed by atoms with E-state index in [9.17, 15) is 29.5 Å². The smallest absolute Gasteiger partial charge is 0.328 e. The maximum absolute atomic E-state index is 14.8. The van der Waals surface area contributed by atoms with Gasteiger partial charge < -0.3 is 15.2 Å². The Bertz CT molecular complexity index is 1710. The lowest BCUT2D eigenvalue weighted by Crippen LogP contribution is -2.67. The van der Waals surface area contributed by atoms with Crippen molar-refractivity contribution >= 4 is 23.4 Å². The standard InChI is InChI=1S/C41H52N2O6/c1-36(2)15-17-41(35(48)43-28(34(47)49-8)19-24-9-11-26(44)12-10-24)18-16-40(7)32(27(41)22-36)29(45)20-31-38(5)21-25(23-42)33(46)37(3,4)30(38)13-14-39(31,40)6/h9-12,20-21,27-28,30,32,44H,13-19,22H2,1-8H3,(H,43,48)/t27-,28-,30-,32-,38-,39+,40+,41-/m0/s1. The van der Waals surface area contributed by atoms with Crippen LogP contribution in [0.3, 0.4) is 0 Å². The highest BCUT2D eigenvalue weighted by Gasteiger charge is 2.71. The number of Topliss-reactive ketones (excluding diaryl/α,β-unsaturated/α-hetero) is 1. The fourth-order valence-corrected chi connectivity index (χ4v) is 11.5. The molecule has 0 unspecified atom stereocenters. The molecule has 8 atom stereocenters. The van der Waals surface area contributed by atoms with Crippen molar-refractivity contribution in [2.45, 2.75) is 106 Å². The van der Waals surface area contributed by atoms with Crippen molar-refractivity contribution in [1.29, 1.82) is 5.26 Å². The van der Waals surface area contributed by atoms with Crippen molar-refractivity contribution in [1.82, 2.24) is 5.32 Å². The first-order valence-corrected chi connectivity index (χ1v) is 17.9. The first kappa shape index (κ1) is 35.1. The molecule has 1 aromatic carbocycles. The number of phenolic OH excluding ortho intramolecular Hbond substituents is 1. The van der Waals surface area contributed by atoms with Crippen LogP contribution in [0.5, 0.6) is 5.75 Å². The highest BCUT2D eigenvalue weighted by atomic mass is 16.5. The fourth-order valence-electron chi connectivity index (χ4n) is 11.5. The number of esters is 1. The summed E-state index contributed by atoms with van der Waals surface area (Å²) < 4.78 is 5.13. The monoisotopic (exact) mass is 668 g/mol. The zero-order valence-corrected chi connectivity index (χ0v) is 30.4. The SMILES string of the molecule is COC(=O)[C@H](Cc1ccc(O)cc1)NC(=O)[C@]12CCC(C)(C)C[C@H]1[C@H]1C(=O)C=C3[C@@]4(C)C=C(C#N)C(=O)C(C)(C)[C@@H]4CC[C@@]3(C)[C@]1(C)CC2. The van der Waals surface area contributed by atoms with Crippen molar-refractivity contribution in [3.05, 3.63) is 53.1 Å². The van der Waals surface area contributed by atoms with Gasteiger partial charge in [0.2, 0.25) is 5.91 Å². The normalized spacial score (nSPS) is 37.8. The number of phenols is 1. The van der Waals surface area contributed by atoms with Crippen LogP contribution in [0.4, 0.5) is 0 Å². The molecule has 0 bridgehead atoms. The van der Waals surface area contributed by atoms with Crippen LogP contribution in [-0.2, 0) is 30.3 Å². The Balaban J connectivity index is 1.42. The highest BCUT2D eigenvalue weighted by molar-refractivity contribution is 6.04. The molecule has 6 rings (SSSR count). The molecule has 3 saturated carbocycles. The van der Waals surface area contributed by atoms with Gasteiger partial charge in [-0.3, -0.25) is 14.4 Å². The van der Waals surface area contributed by atoms with Gasteiger partial charge in [-0.25, -0.2) is 4.79 Å². The second kappa shape index (κ2) is 11.4. The van der Waals surface area contributed by atoms with Crippen LogP contribution in [0.2, 0.25) is 0 Å². The minimum Gasteiger partial charge on any atom is -0.508 e. The number of rotatable bonds is 5. The van der Waals surface area contributed by atoms with E-state index < -0.39 is 39.6 Å². The third-order valence-electron chi connectivity index (χ3n) is 14.5. The summed E-state index contributed by atoms with van der Waals surface area (Å²) in [6.07, 6.45) is 8.98. The molecule has 49 heavy (non-hydrogen) atoms. The van der Waals surface area contributed by atoms with Crippen molar-refractivity contribution in [3.63, 3.8) is 0 Å². The number of nitriles is 1. The van der Waals surface area contributed by atoms with E-state index in [1.807, 2.05) is 26.0 Å². The minimum absolute atomic E-state index is 0.0339. The summed E-state index contributed by atoms with van der Waals surface area (Å²) in [4.78, 5) is 56.0. The van der Waals surface area contributed by atoms with E-state index in [2.05, 4.69) is 46.0 Å². The lowest BCUT2D eigenvalue weighted by Gasteiger charge is -2.69. The summed E-state index contributed by atoms with van der Waals surface area (Å²) >= 11 is 0. The number of fused-ring (bicyclic) bond motifs is 7. The van der Waals surface area contributed by atoms with Gasteiger partial charge in [-0.1, -0.05) is 72.2 Å². The maximum atomic E-state index is 14.8. The lowest BCUT2D eigenvalue weighted by molar-refractivity contribution is -0.179. The van der Waals surface area contributed by atoms with E-state index in [-0.39, 0.29) is 57.9 Å². The molecule has 0 aliphatic heterocycles. The number of allylic oxidation sites excluding steroid dienone is 4. The summed E-state index contributed by atoms with van der Waals surface area (Å²) in [5.41, 5.74) is -1.12. The summed E-state index contributed by atoms with van der Waals surface area (Å²) in [5, 5.41) is 22.9. The van der Waals surface area contributed by atoms with Crippen LogP contribution in [0, 0.1) is 61.6 Å². The third-order valence-corrected chi connectivity index (χ3v) is 14.5. The van der Waals surface area contributed by atoms with Crippen LogP contribution >= 0.6 is 0 Å². The number of methoxy groups -OCH3 is 1. The van der Waals surface area contributed by atoms with Gasteiger partial charge in [-0.2, -0.15) is 5.26 Å². The Morgan fingerprint density at radius 1 is 1.00 bits per heavy atom. The molecule has 0 radical (unpaired) electrons. The molecule has 1 aromatic rings. The Morgan fingerprint density at radius 3 is 2.29 bits per heavy atom. The van der Waals surface area contributed by atoms with Crippen molar-refractivity contribution in [3.8, 4) is 11.8 Å². The number of carbonyl (C=O) groups is 4. The van der Waals surface area contributed by atoms with Gasteiger partial charge in [-0.05, 0) is 96.8 Å². The van der Waals surface area contributed by atoms with E-state index in [1.165, 1.54) is 7.11 Å². The van der Waals surface area contributed by atoms with Gasteiger partial charge in [-0.15, -0.1) is 0 Å². The molecule has 1 amide bonds. The maximum Gasteiger partial charge on any atom is 0.328 e. The van der Waals surface area contributed by atoms with E-state index in [1.54, 1.807) is 24.3 Å². The molecule has 8 nitrogen and oxygen atoms in total. The molecule has 0 aromatic heterocycles. The number of nitrogens with zero attached hydrogens (tertiary/aromatic N) is 1. The quantitative estimate of drug-likeness (QED) is 0.329. The number of hydrogen-bond donors (Lipinski definition) is 2. The first-order valence-electron chi connectivity index (χ1n) is 17.9. The number of carbonyl (C=O) groups excluding carboxylic acids is 4. The summed E-state index contributed by atoms with van der Waals surface area (Å²) in [7, 11) is 1.31. The highest BCUT2D eigenvalue weighted by Crippen LogP contribution is 2.74. The predicted octanol–water partition coefficient (Wildman–Crippen LogP) is 6.81. The van der Waals surface area contributed by atoms with Gasteiger partial charge in [0.25, 0.3) is 0 Å². The van der Waals surface area contributed by atoms with Crippen LogP contribution in [0.15, 0.2) is 47.6 Å². The molecular weight excluding hydrogens is 616 g/mol. The zero-order valence-electron chi connectivity index (χ0n) is 30.4. The van der Waals surface area contributed by atoms with E-state index in [0.29, 0.717) is 25.7 Å². The Kier molecular flexibility index (Phi) is 8.17. The largest absolute Gasteiger partial charge is 0.508 e. The molecule has 3 fully saturated rings. The van der Waals surface area contributed by atoms with Gasteiger partial charge >= 0.3 is 5.97 Å². The van der Waals surface area contributed by atoms with Gasteiger partial charge in [0.1, 0.15) is 17.9 Å². The third kappa shape index (κ3) is 5.04. The van der Waals surface area contributed by atoms with Crippen LogP contribution in [0.25, 0.3) is 0 Å². The fraction of sp³-hybridized carbons (Fsp3) is 0.634. The predicted molar refractivity (Wildman–Crippen MR) is 185 cm³/mol. The molecule has 2 N–H and O–H groups in total. The van der Waals surface area contributed by atoms with Crippen molar-refractivity contribution in [2.24, 2.45) is 50.2 Å². The molecule has 0 saturated heterocycles. The molecule has 0 spiro atoms. The molecule has 262 valence electrons. The van der Waals surface area contributed by atoms with Crippen LogP contribution in [0.1, 0.15) is 99.0 Å². The number of ketones is 2. The molecule has 0 heterocycles. The number of hydrogen-bond acceptors (Lipinski definition) is 7. The molecular formula is C41H52N2O6. The van der Waals surface area contributed by atoms with Crippen molar-refractivity contribution in [2.75, 3.05) is 7.11 Å². The Morgan fingerprint density at radius 2 is 1.65 bits per heavy atom. The second-order valence-electron chi connectivity index (χ2n) is 17.8. The number of nitrogens with one attached hydrogen (secondary N) is 1. The molecule has 8 heteroatoms.